The lowest BCUT2D eigenvalue weighted by molar-refractivity contribution is -0.155. The van der Waals surface area contributed by atoms with Crippen LogP contribution in [0.15, 0.2) is 42.5 Å². The zero-order chi connectivity index (χ0) is 18.4. The second-order valence-electron chi connectivity index (χ2n) is 6.04. The molecule has 1 N–H and O–H groups in total. The monoisotopic (exact) mass is 341 g/mol. The van der Waals surface area contributed by atoms with E-state index in [1.165, 1.54) is 6.92 Å². The van der Waals surface area contributed by atoms with Crippen molar-refractivity contribution in [2.45, 2.75) is 33.8 Å². The fraction of sp³-hybridized carbons (Fsp3) is 0.300. The highest BCUT2D eigenvalue weighted by molar-refractivity contribution is 5.95. The minimum atomic E-state index is -0.906. The highest BCUT2D eigenvalue weighted by Crippen LogP contribution is 2.18. The molecular weight excluding hydrogens is 318 g/mol. The van der Waals surface area contributed by atoms with Gasteiger partial charge in [0.25, 0.3) is 5.91 Å². The van der Waals surface area contributed by atoms with Crippen LogP contribution < -0.4 is 10.1 Å². The molecule has 0 radical (unpaired) electrons. The maximum atomic E-state index is 12.1. The zero-order valence-electron chi connectivity index (χ0n) is 15.0. The summed E-state index contributed by atoms with van der Waals surface area (Å²) >= 11 is 0. The third kappa shape index (κ3) is 5.64. The number of esters is 1. The molecule has 0 unspecified atom stereocenters. The van der Waals surface area contributed by atoms with E-state index in [0.29, 0.717) is 11.4 Å². The second kappa shape index (κ2) is 8.33. The number of aryl methyl sites for hydroxylation is 3. The van der Waals surface area contributed by atoms with Gasteiger partial charge in [-0.3, -0.25) is 4.79 Å². The Morgan fingerprint density at radius 1 is 1.00 bits per heavy atom. The summed E-state index contributed by atoms with van der Waals surface area (Å²) in [6.45, 7) is 7.14. The number of hydrogen-bond acceptors (Lipinski definition) is 4. The Labute approximate surface area is 148 Å². The van der Waals surface area contributed by atoms with Crippen LogP contribution in [0.25, 0.3) is 0 Å². The molecule has 5 heteroatoms. The van der Waals surface area contributed by atoms with Crippen LogP contribution in [-0.2, 0) is 14.3 Å². The fourth-order valence-corrected chi connectivity index (χ4v) is 2.26. The van der Waals surface area contributed by atoms with Crippen LogP contribution in [0.5, 0.6) is 5.75 Å². The van der Waals surface area contributed by atoms with Gasteiger partial charge in [-0.15, -0.1) is 0 Å². The van der Waals surface area contributed by atoms with Crippen molar-refractivity contribution >= 4 is 17.6 Å². The molecule has 0 aliphatic carbocycles. The van der Waals surface area contributed by atoms with E-state index in [-0.39, 0.29) is 12.5 Å². The van der Waals surface area contributed by atoms with Gasteiger partial charge in [0.2, 0.25) is 0 Å². The van der Waals surface area contributed by atoms with Crippen molar-refractivity contribution in [1.29, 1.82) is 0 Å². The summed E-state index contributed by atoms with van der Waals surface area (Å²) in [4.78, 5) is 23.9. The van der Waals surface area contributed by atoms with Crippen molar-refractivity contribution < 1.29 is 19.1 Å². The quantitative estimate of drug-likeness (QED) is 0.816. The number of anilines is 1. The summed E-state index contributed by atoms with van der Waals surface area (Å²) in [5, 5.41) is 2.71. The number of nitrogens with one attached hydrogen (secondary N) is 1. The molecule has 2 aromatic rings. The van der Waals surface area contributed by atoms with Crippen molar-refractivity contribution in [3.8, 4) is 5.75 Å². The van der Waals surface area contributed by atoms with Crippen molar-refractivity contribution in [2.75, 3.05) is 11.9 Å². The number of ether oxygens (including phenoxy) is 2. The first-order valence-electron chi connectivity index (χ1n) is 8.12. The number of benzene rings is 2. The first-order valence-corrected chi connectivity index (χ1v) is 8.12. The molecule has 2 aromatic carbocycles. The molecule has 0 aliphatic rings. The van der Waals surface area contributed by atoms with E-state index in [1.54, 1.807) is 12.1 Å². The van der Waals surface area contributed by atoms with Gasteiger partial charge in [-0.1, -0.05) is 35.4 Å². The lowest BCUT2D eigenvalue weighted by Crippen LogP contribution is -2.31. The Kier molecular flexibility index (Phi) is 6.17. The largest absolute Gasteiger partial charge is 0.482 e. The summed E-state index contributed by atoms with van der Waals surface area (Å²) in [6, 6.07) is 13.1. The highest BCUT2D eigenvalue weighted by Gasteiger charge is 2.18. The predicted octanol–water partition coefficient (Wildman–Crippen LogP) is 3.56. The number of carbonyl (C=O) groups excluding carboxylic acids is 2. The lowest BCUT2D eigenvalue weighted by atomic mass is 10.1. The Hall–Kier alpha value is -2.82. The van der Waals surface area contributed by atoms with Gasteiger partial charge >= 0.3 is 5.97 Å². The first kappa shape index (κ1) is 18.5. The Morgan fingerprint density at radius 2 is 1.64 bits per heavy atom. The van der Waals surface area contributed by atoms with E-state index in [9.17, 15) is 9.59 Å². The SMILES string of the molecule is Cc1ccc(NC(=O)[C@H](C)OC(=O)COc2ccc(C)cc2C)cc1. The van der Waals surface area contributed by atoms with Crippen molar-refractivity contribution in [1.82, 2.24) is 0 Å². The van der Waals surface area contributed by atoms with Gasteiger partial charge in [0.1, 0.15) is 5.75 Å². The van der Waals surface area contributed by atoms with Gasteiger partial charge in [0.05, 0.1) is 0 Å². The van der Waals surface area contributed by atoms with E-state index in [1.807, 2.05) is 51.1 Å². The average Bonchev–Trinajstić information content (AvgIpc) is 2.56. The average molecular weight is 341 g/mol. The Balaban J connectivity index is 1.82. The number of carbonyl (C=O) groups is 2. The molecule has 1 amide bonds. The van der Waals surface area contributed by atoms with E-state index in [0.717, 1.165) is 16.7 Å². The van der Waals surface area contributed by atoms with Gasteiger partial charge in [0, 0.05) is 5.69 Å². The van der Waals surface area contributed by atoms with Gasteiger partial charge in [-0.05, 0) is 51.5 Å². The van der Waals surface area contributed by atoms with Crippen LogP contribution in [0.3, 0.4) is 0 Å². The maximum absolute atomic E-state index is 12.1. The fourth-order valence-electron chi connectivity index (χ4n) is 2.26. The molecule has 132 valence electrons. The van der Waals surface area contributed by atoms with Crippen LogP contribution in [0.1, 0.15) is 23.6 Å². The normalized spacial score (nSPS) is 11.5. The van der Waals surface area contributed by atoms with Crippen molar-refractivity contribution in [2.24, 2.45) is 0 Å². The van der Waals surface area contributed by atoms with E-state index < -0.39 is 12.1 Å². The van der Waals surface area contributed by atoms with Gasteiger partial charge in [-0.2, -0.15) is 0 Å². The maximum Gasteiger partial charge on any atom is 0.344 e. The molecule has 5 nitrogen and oxygen atoms in total. The van der Waals surface area contributed by atoms with Crippen LogP contribution in [0, 0.1) is 20.8 Å². The lowest BCUT2D eigenvalue weighted by Gasteiger charge is -2.14. The molecule has 0 fully saturated rings. The summed E-state index contributed by atoms with van der Waals surface area (Å²) < 4.78 is 10.6. The molecule has 0 aliphatic heterocycles. The van der Waals surface area contributed by atoms with Crippen molar-refractivity contribution in [3.05, 3.63) is 59.2 Å². The smallest absolute Gasteiger partial charge is 0.344 e. The topological polar surface area (TPSA) is 64.6 Å². The summed E-state index contributed by atoms with van der Waals surface area (Å²) in [5.74, 6) is -0.352. The molecule has 0 heterocycles. The number of amides is 1. The molecule has 2 rings (SSSR count). The summed E-state index contributed by atoms with van der Waals surface area (Å²) in [6.07, 6.45) is -0.906. The first-order chi connectivity index (χ1) is 11.8. The molecule has 0 saturated carbocycles. The van der Waals surface area contributed by atoms with Crippen molar-refractivity contribution in [3.63, 3.8) is 0 Å². The Morgan fingerprint density at radius 3 is 2.28 bits per heavy atom. The van der Waals surface area contributed by atoms with Crippen LogP contribution >= 0.6 is 0 Å². The zero-order valence-corrected chi connectivity index (χ0v) is 15.0. The van der Waals surface area contributed by atoms with Crippen LogP contribution in [0.2, 0.25) is 0 Å². The molecule has 25 heavy (non-hydrogen) atoms. The summed E-state index contributed by atoms with van der Waals surface area (Å²) in [7, 11) is 0. The van der Waals surface area contributed by atoms with E-state index in [2.05, 4.69) is 5.32 Å². The molecule has 0 saturated heterocycles. The molecule has 0 bridgehead atoms. The van der Waals surface area contributed by atoms with E-state index in [4.69, 9.17) is 9.47 Å². The molecule has 0 spiro atoms. The number of rotatable bonds is 6. The third-order valence-corrected chi connectivity index (χ3v) is 3.67. The summed E-state index contributed by atoms with van der Waals surface area (Å²) in [5.41, 5.74) is 3.82. The molecule has 1 atom stereocenters. The van der Waals surface area contributed by atoms with Gasteiger partial charge < -0.3 is 14.8 Å². The highest BCUT2D eigenvalue weighted by atomic mass is 16.6. The Bertz CT molecular complexity index is 753. The minimum Gasteiger partial charge on any atom is -0.482 e. The standard InChI is InChI=1S/C20H23NO4/c1-13-5-8-17(9-6-13)21-20(23)16(4)25-19(22)12-24-18-10-7-14(2)11-15(18)3/h5-11,16H,12H2,1-4H3,(H,21,23)/t16-/m0/s1. The van der Waals surface area contributed by atoms with Gasteiger partial charge in [0.15, 0.2) is 12.7 Å². The number of hydrogen-bond donors (Lipinski definition) is 1. The third-order valence-electron chi connectivity index (χ3n) is 3.67. The van der Waals surface area contributed by atoms with E-state index >= 15 is 0 Å². The molecule has 0 aromatic heterocycles. The predicted molar refractivity (Wildman–Crippen MR) is 96.8 cm³/mol. The second-order valence-corrected chi connectivity index (χ2v) is 6.04. The van der Waals surface area contributed by atoms with Gasteiger partial charge in [-0.25, -0.2) is 4.79 Å². The molecular formula is C20H23NO4. The van der Waals surface area contributed by atoms with Crippen LogP contribution in [0.4, 0.5) is 5.69 Å². The minimum absolute atomic E-state index is 0.244. The van der Waals surface area contributed by atoms with Crippen LogP contribution in [-0.4, -0.2) is 24.6 Å².